The van der Waals surface area contributed by atoms with E-state index in [-0.39, 0.29) is 51.7 Å². The molecule has 292 valence electrons. The molecule has 6 N–H and O–H groups in total. The summed E-state index contributed by atoms with van der Waals surface area (Å²) in [6.45, 7) is 7.54. The smallest absolute Gasteiger partial charge is 0.323 e. The fourth-order valence-corrected chi connectivity index (χ4v) is 3.18. The molecule has 0 heterocycles. The Morgan fingerprint density at radius 2 is 0.843 bits per heavy atom. The Kier molecular flexibility index (Phi) is 29.0. The van der Waals surface area contributed by atoms with Gasteiger partial charge in [0.1, 0.15) is 6.54 Å². The van der Waals surface area contributed by atoms with E-state index in [9.17, 15) is 47.9 Å². The Balaban J connectivity index is -0.000000843. The molecule has 0 aromatic rings. The molecule has 0 aliphatic carbocycles. The summed E-state index contributed by atoms with van der Waals surface area (Å²) in [4.78, 5) is 117. The quantitative estimate of drug-likeness (QED) is 0.0607. The van der Waals surface area contributed by atoms with Gasteiger partial charge in [-0.05, 0) is 13.5 Å². The van der Waals surface area contributed by atoms with Gasteiger partial charge in [-0.1, -0.05) is 20.8 Å². The van der Waals surface area contributed by atoms with Crippen LogP contribution in [0, 0.1) is 0 Å². The molecule has 0 fully saturated rings. The van der Waals surface area contributed by atoms with E-state index in [2.05, 4.69) is 47.4 Å². The summed E-state index contributed by atoms with van der Waals surface area (Å²) >= 11 is 0. The zero-order chi connectivity index (χ0) is 40.1. The first-order valence-corrected chi connectivity index (χ1v) is 15.8. The third-order valence-electron chi connectivity index (χ3n) is 5.85. The van der Waals surface area contributed by atoms with Gasteiger partial charge < -0.3 is 56.2 Å². The highest BCUT2D eigenvalue weighted by atomic mass is 16.4. The number of rotatable bonds is 21. The lowest BCUT2D eigenvalue weighted by Gasteiger charge is -2.19. The van der Waals surface area contributed by atoms with Crippen molar-refractivity contribution in [3.05, 3.63) is 0 Å². The summed E-state index contributed by atoms with van der Waals surface area (Å²) in [6, 6.07) is 0.648. The highest BCUT2D eigenvalue weighted by Gasteiger charge is 2.17. The number of carboxylic acid groups (broad SMARTS) is 1. The Labute approximate surface area is 298 Å². The molecule has 21 heteroatoms. The summed E-state index contributed by atoms with van der Waals surface area (Å²) in [5.74, 6) is -4.50. The predicted molar refractivity (Wildman–Crippen MR) is 184 cm³/mol. The average molecular weight is 733 g/mol. The fourth-order valence-electron chi connectivity index (χ4n) is 3.18. The van der Waals surface area contributed by atoms with Crippen LogP contribution >= 0.6 is 0 Å². The number of aliphatic carboxylic acids is 1. The molecule has 0 atom stereocenters. The number of carboxylic acids is 1. The van der Waals surface area contributed by atoms with Gasteiger partial charge in [-0.15, -0.1) is 0 Å². The van der Waals surface area contributed by atoms with Gasteiger partial charge in [0.05, 0.1) is 45.8 Å². The molecule has 0 radical (unpaired) electrons. The van der Waals surface area contributed by atoms with Gasteiger partial charge in [0.25, 0.3) is 0 Å². The largest absolute Gasteiger partial charge is 0.480 e. The zero-order valence-corrected chi connectivity index (χ0v) is 31.1. The third kappa shape index (κ3) is 30.5. The predicted octanol–water partition coefficient (Wildman–Crippen LogP) is -4.90. The van der Waals surface area contributed by atoms with Crippen LogP contribution in [0.1, 0.15) is 27.7 Å². The number of nitrogens with zero attached hydrogens (tertiary/aromatic N) is 5. The molecular formula is C30H56N10O11. The molecule has 0 saturated carbocycles. The van der Waals surface area contributed by atoms with Crippen LogP contribution in [0.5, 0.6) is 0 Å². The minimum atomic E-state index is -1.13. The number of carbonyl (C=O) groups is 10. The molecule has 0 saturated heterocycles. The van der Waals surface area contributed by atoms with Crippen LogP contribution in [0.4, 0.5) is 0 Å². The van der Waals surface area contributed by atoms with E-state index < -0.39 is 48.0 Å². The van der Waals surface area contributed by atoms with Crippen LogP contribution in [-0.4, -0.2) is 196 Å². The van der Waals surface area contributed by atoms with Crippen molar-refractivity contribution in [2.24, 2.45) is 0 Å². The molecular weight excluding hydrogens is 676 g/mol. The Morgan fingerprint density at radius 3 is 1.10 bits per heavy atom. The van der Waals surface area contributed by atoms with Gasteiger partial charge >= 0.3 is 5.97 Å². The number of likely N-dealkylation sites (N-methyl/N-ethyl adjacent to an activating group) is 6. The Morgan fingerprint density at radius 1 is 0.529 bits per heavy atom. The van der Waals surface area contributed by atoms with E-state index in [4.69, 9.17) is 5.11 Å². The van der Waals surface area contributed by atoms with E-state index in [1.54, 1.807) is 6.92 Å². The van der Waals surface area contributed by atoms with Crippen LogP contribution in [0.2, 0.25) is 0 Å². The summed E-state index contributed by atoms with van der Waals surface area (Å²) in [6.07, 6.45) is 0.963. The van der Waals surface area contributed by atoms with E-state index in [1.807, 2.05) is 0 Å². The lowest BCUT2D eigenvalue weighted by atomic mass is 10.4. The molecule has 0 aromatic heterocycles. The molecule has 0 aliphatic heterocycles. The van der Waals surface area contributed by atoms with Crippen molar-refractivity contribution < 1.29 is 53.1 Å². The van der Waals surface area contributed by atoms with Crippen LogP contribution < -0.4 is 26.6 Å². The third-order valence-corrected chi connectivity index (χ3v) is 5.85. The van der Waals surface area contributed by atoms with E-state index in [0.717, 1.165) is 26.1 Å². The lowest BCUT2D eigenvalue weighted by molar-refractivity contribution is -0.143. The van der Waals surface area contributed by atoms with Gasteiger partial charge in [-0.25, -0.2) is 0 Å². The monoisotopic (exact) mass is 732 g/mol. The first-order valence-electron chi connectivity index (χ1n) is 15.8. The van der Waals surface area contributed by atoms with Crippen LogP contribution in [0.15, 0.2) is 0 Å². The van der Waals surface area contributed by atoms with Crippen molar-refractivity contribution in [3.63, 3.8) is 0 Å². The van der Waals surface area contributed by atoms with Crippen molar-refractivity contribution in [2.75, 3.05) is 101 Å². The maximum atomic E-state index is 11.9. The van der Waals surface area contributed by atoms with E-state index >= 15 is 0 Å². The topological polar surface area (TPSA) is 267 Å². The summed E-state index contributed by atoms with van der Waals surface area (Å²) in [5, 5.41) is 21.2. The van der Waals surface area contributed by atoms with Gasteiger partial charge in [0, 0.05) is 47.8 Å². The second kappa shape index (κ2) is 29.6. The molecule has 0 spiro atoms. The second-order valence-corrected chi connectivity index (χ2v) is 11.2. The minimum absolute atomic E-state index is 0.125. The number of hydrogen-bond acceptors (Lipinski definition) is 11. The van der Waals surface area contributed by atoms with Gasteiger partial charge in [0.2, 0.25) is 54.2 Å². The Hall–Kier alpha value is -5.34. The summed E-state index contributed by atoms with van der Waals surface area (Å²) in [5.41, 5.74) is 0. The van der Waals surface area contributed by atoms with Gasteiger partial charge in [0.15, 0.2) is 0 Å². The second-order valence-electron chi connectivity index (χ2n) is 11.2. The van der Waals surface area contributed by atoms with Crippen LogP contribution in [0.3, 0.4) is 0 Å². The first kappa shape index (κ1) is 50.0. The van der Waals surface area contributed by atoms with Crippen molar-refractivity contribution in [2.45, 2.75) is 33.7 Å². The van der Waals surface area contributed by atoms with Crippen molar-refractivity contribution >= 4 is 60.1 Å². The van der Waals surface area contributed by atoms with Gasteiger partial charge in [-0.3, -0.25) is 47.9 Å². The van der Waals surface area contributed by atoms with E-state index in [1.165, 1.54) is 40.1 Å². The molecule has 21 nitrogen and oxygen atoms in total. The highest BCUT2D eigenvalue weighted by molar-refractivity contribution is 5.91. The van der Waals surface area contributed by atoms with Crippen molar-refractivity contribution in [1.82, 2.24) is 51.1 Å². The minimum Gasteiger partial charge on any atom is -0.480 e. The molecule has 0 unspecified atom stereocenters. The first-order chi connectivity index (χ1) is 23.7. The van der Waals surface area contributed by atoms with Gasteiger partial charge in [-0.2, -0.15) is 0 Å². The van der Waals surface area contributed by atoms with E-state index in [0.29, 0.717) is 25.4 Å². The average Bonchev–Trinajstić information content (AvgIpc) is 3.04. The standard InChI is InChI=1S/C16H28N6O6.C9H15N3O5.C5H13N/c1-5-17-13(25)9-21(3)16(28)7-19-14(26)10-22(4)15(27)6-18-12(24)8-20(2)11-23;1-11(6-13)4-7(14)10-3-8(15)12(2)5-9(16)17;1-4-6-5(2)3/h11H,5-10H2,1-4H3,(H,17,25)(H,18,24)(H,19,26);6H,3-5H2,1-2H3,(H,10,14)(H,16,17);5-6H,4H2,1-3H3. The number of nitrogens with one attached hydrogen (secondary N) is 5. The summed E-state index contributed by atoms with van der Waals surface area (Å²) in [7, 11) is 6.96. The normalized spacial score (nSPS) is 9.61. The summed E-state index contributed by atoms with van der Waals surface area (Å²) < 4.78 is 0. The molecule has 0 rings (SSSR count). The maximum absolute atomic E-state index is 11.9. The molecule has 9 amide bonds. The molecule has 0 aromatic carbocycles. The number of amides is 9. The fraction of sp³-hybridized carbons (Fsp3) is 0.667. The SMILES string of the molecule is CCNC(=O)CN(C)C(=O)CNC(=O)CN(C)C(=O)CNC(=O)CN(C)C=O.CCNC(C)C.CN(C=O)CC(=O)NCC(=O)N(C)CC(=O)O. The number of hydrogen-bond donors (Lipinski definition) is 6. The van der Waals surface area contributed by atoms with Crippen molar-refractivity contribution in [3.8, 4) is 0 Å². The maximum Gasteiger partial charge on any atom is 0.323 e. The molecule has 0 bridgehead atoms. The van der Waals surface area contributed by atoms with Crippen LogP contribution in [-0.2, 0) is 47.9 Å². The lowest BCUT2D eigenvalue weighted by Crippen LogP contribution is -2.47. The zero-order valence-electron chi connectivity index (χ0n) is 31.1. The highest BCUT2D eigenvalue weighted by Crippen LogP contribution is 1.88. The van der Waals surface area contributed by atoms with Crippen LogP contribution in [0.25, 0.3) is 0 Å². The Bertz CT molecular complexity index is 1150. The molecule has 51 heavy (non-hydrogen) atoms. The van der Waals surface area contributed by atoms with Crippen molar-refractivity contribution in [1.29, 1.82) is 0 Å². The number of carbonyl (C=O) groups excluding carboxylic acids is 9. The molecule has 0 aliphatic rings.